The van der Waals surface area contributed by atoms with E-state index in [4.69, 9.17) is 20.9 Å². The van der Waals surface area contributed by atoms with E-state index in [1.54, 1.807) is 0 Å². The van der Waals surface area contributed by atoms with Crippen LogP contribution < -0.4 is 0 Å². The number of hydrogen-bond donors (Lipinski definition) is 1. The molecule has 0 amide bonds. The Kier molecular flexibility index (Phi) is 7.24. The first kappa shape index (κ1) is 15.8. The van der Waals surface area contributed by atoms with Crippen LogP contribution in [0.5, 0.6) is 0 Å². The molecule has 0 heterocycles. The average Bonchev–Trinajstić information content (AvgIpc) is 2.75. The molecule has 0 aromatic rings. The van der Waals surface area contributed by atoms with Crippen LogP contribution in [0, 0.1) is 0 Å². The van der Waals surface area contributed by atoms with Gasteiger partial charge in [0.15, 0.2) is 0 Å². The topological polar surface area (TPSA) is 18.5 Å². The molecule has 2 radical (unpaired) electrons. The third-order valence-corrected chi connectivity index (χ3v) is 5.38. The SMILES string of the molecule is S=P(S)(OC1CCCC1)OC1CCCC1.[SnH2]. The summed E-state index contributed by atoms with van der Waals surface area (Å²) in [5, 5.41) is 0. The molecule has 2 nitrogen and oxygen atoms in total. The van der Waals surface area contributed by atoms with E-state index >= 15 is 0 Å². The zero-order valence-corrected chi connectivity index (χ0v) is 16.3. The number of rotatable bonds is 4. The van der Waals surface area contributed by atoms with Gasteiger partial charge in [-0.1, -0.05) is 37.9 Å². The Labute approximate surface area is 126 Å². The number of thiol groups is 1. The van der Waals surface area contributed by atoms with E-state index in [0.717, 1.165) is 25.7 Å². The van der Waals surface area contributed by atoms with E-state index in [1.165, 1.54) is 25.7 Å². The fourth-order valence-corrected chi connectivity index (χ4v) is 5.14. The Hall–Kier alpha value is 1.72. The molecule has 2 aliphatic rings. The van der Waals surface area contributed by atoms with Crippen LogP contribution in [0.4, 0.5) is 0 Å². The van der Waals surface area contributed by atoms with Crippen molar-refractivity contribution in [1.29, 1.82) is 0 Å². The van der Waals surface area contributed by atoms with Gasteiger partial charge in [0, 0.05) is 0 Å². The quantitative estimate of drug-likeness (QED) is 0.455. The molecule has 2 saturated carbocycles. The first-order chi connectivity index (χ1) is 7.16. The van der Waals surface area contributed by atoms with E-state index in [-0.39, 0.29) is 23.9 Å². The molecule has 0 aliphatic heterocycles. The molecule has 2 rings (SSSR count). The molecule has 94 valence electrons. The van der Waals surface area contributed by atoms with Gasteiger partial charge in [-0.15, -0.1) is 0 Å². The maximum absolute atomic E-state index is 5.83. The molecule has 0 saturated heterocycles. The summed E-state index contributed by atoms with van der Waals surface area (Å²) in [5.41, 5.74) is -2.26. The summed E-state index contributed by atoms with van der Waals surface area (Å²) in [5.74, 6) is 0. The minimum atomic E-state index is -2.26. The van der Waals surface area contributed by atoms with Gasteiger partial charge in [0.2, 0.25) is 5.69 Å². The second kappa shape index (κ2) is 7.34. The van der Waals surface area contributed by atoms with Crippen molar-refractivity contribution in [3.8, 4) is 0 Å². The van der Waals surface area contributed by atoms with Gasteiger partial charge < -0.3 is 9.05 Å². The zero-order valence-electron chi connectivity index (χ0n) is 9.64. The van der Waals surface area contributed by atoms with Gasteiger partial charge >= 0.3 is 23.9 Å². The molecule has 0 unspecified atom stereocenters. The first-order valence-corrected chi connectivity index (χ1v) is 9.64. The molecule has 0 atom stereocenters. The van der Waals surface area contributed by atoms with Crippen molar-refractivity contribution in [3.63, 3.8) is 0 Å². The molecule has 0 spiro atoms. The Morgan fingerprint density at radius 3 is 1.50 bits per heavy atom. The van der Waals surface area contributed by atoms with Gasteiger partial charge in [0.25, 0.3) is 0 Å². The van der Waals surface area contributed by atoms with Gasteiger partial charge in [-0.3, -0.25) is 0 Å². The van der Waals surface area contributed by atoms with Crippen LogP contribution >= 0.6 is 17.9 Å². The van der Waals surface area contributed by atoms with Crippen LogP contribution in [0.25, 0.3) is 0 Å². The Morgan fingerprint density at radius 2 is 1.19 bits per heavy atom. The van der Waals surface area contributed by atoms with E-state index in [1.807, 2.05) is 0 Å². The summed E-state index contributed by atoms with van der Waals surface area (Å²) in [6.07, 6.45) is 10.2. The molecule has 2 fully saturated rings. The average molecular weight is 387 g/mol. The van der Waals surface area contributed by atoms with Crippen molar-refractivity contribution >= 4 is 53.7 Å². The zero-order chi connectivity index (χ0) is 10.7. The van der Waals surface area contributed by atoms with Crippen LogP contribution in [0.15, 0.2) is 0 Å². The van der Waals surface area contributed by atoms with E-state index in [9.17, 15) is 0 Å². The van der Waals surface area contributed by atoms with Crippen LogP contribution in [-0.2, 0) is 20.9 Å². The van der Waals surface area contributed by atoms with Crippen molar-refractivity contribution in [2.24, 2.45) is 0 Å². The van der Waals surface area contributed by atoms with Gasteiger partial charge in [0.1, 0.15) is 0 Å². The van der Waals surface area contributed by atoms with Crippen molar-refractivity contribution in [2.45, 2.75) is 63.6 Å². The van der Waals surface area contributed by atoms with Crippen molar-refractivity contribution < 1.29 is 9.05 Å². The van der Waals surface area contributed by atoms with Gasteiger partial charge in [0.05, 0.1) is 12.2 Å². The summed E-state index contributed by atoms with van der Waals surface area (Å²) < 4.78 is 11.7. The third-order valence-electron chi connectivity index (χ3n) is 3.17. The molecule has 6 heteroatoms. The molecule has 0 N–H and O–H groups in total. The molecular weight excluding hydrogens is 366 g/mol. The second-order valence-electron chi connectivity index (χ2n) is 4.49. The molecule has 0 aromatic heterocycles. The van der Waals surface area contributed by atoms with E-state index in [0.29, 0.717) is 12.2 Å². The molecule has 2 aliphatic carbocycles. The fraction of sp³-hybridized carbons (Fsp3) is 1.00. The van der Waals surface area contributed by atoms with Crippen LogP contribution in [0.3, 0.4) is 0 Å². The summed E-state index contributed by atoms with van der Waals surface area (Å²) in [6.45, 7) is 0. The predicted molar refractivity (Wildman–Crippen MR) is 78.5 cm³/mol. The van der Waals surface area contributed by atoms with E-state index in [2.05, 4.69) is 12.2 Å². The van der Waals surface area contributed by atoms with Gasteiger partial charge in [-0.05, 0) is 37.5 Å². The Bertz CT molecular complexity index is 231. The van der Waals surface area contributed by atoms with Crippen LogP contribution in [0.2, 0.25) is 0 Å². The molecule has 16 heavy (non-hydrogen) atoms. The Morgan fingerprint density at radius 1 is 0.875 bits per heavy atom. The molecular formula is C10H21O2PS2Sn. The van der Waals surface area contributed by atoms with Crippen LogP contribution in [0.1, 0.15) is 51.4 Å². The summed E-state index contributed by atoms with van der Waals surface area (Å²) in [7, 11) is 0. The first-order valence-electron chi connectivity index (χ1n) is 5.85. The Balaban J connectivity index is 0.00000128. The number of hydrogen-bond acceptors (Lipinski definition) is 3. The maximum atomic E-state index is 5.83. The molecule has 0 aromatic carbocycles. The van der Waals surface area contributed by atoms with Crippen LogP contribution in [-0.4, -0.2) is 36.1 Å². The monoisotopic (exact) mass is 388 g/mol. The van der Waals surface area contributed by atoms with Crippen molar-refractivity contribution in [2.75, 3.05) is 0 Å². The van der Waals surface area contributed by atoms with Crippen molar-refractivity contribution in [1.82, 2.24) is 0 Å². The van der Waals surface area contributed by atoms with Gasteiger partial charge in [-0.25, -0.2) is 0 Å². The van der Waals surface area contributed by atoms with E-state index < -0.39 is 5.69 Å². The van der Waals surface area contributed by atoms with Gasteiger partial charge in [-0.2, -0.15) is 0 Å². The summed E-state index contributed by atoms with van der Waals surface area (Å²) >= 11 is 9.77. The molecule has 0 bridgehead atoms. The third kappa shape index (κ3) is 5.15. The fourth-order valence-electron chi connectivity index (χ4n) is 2.39. The standard InChI is InChI=1S/C10H19O2PS2.Sn.2H/c14-13(15,11-9-5-1-2-6-9)12-10-7-3-4-8-10;;;/h9-10H,1-8H2,(H,14,15);;;. The van der Waals surface area contributed by atoms with Crippen molar-refractivity contribution in [3.05, 3.63) is 0 Å². The second-order valence-corrected chi connectivity index (χ2v) is 9.68. The predicted octanol–water partition coefficient (Wildman–Crippen LogP) is 3.14. The normalized spacial score (nSPS) is 23.6. The summed E-state index contributed by atoms with van der Waals surface area (Å²) in [4.78, 5) is 0. The minimum absolute atomic E-state index is 0. The summed E-state index contributed by atoms with van der Waals surface area (Å²) in [6, 6.07) is 0.